The zero-order valence-corrected chi connectivity index (χ0v) is 16.5. The number of para-hydroxylation sites is 1. The molecule has 1 N–H and O–H groups in total. The summed E-state index contributed by atoms with van der Waals surface area (Å²) < 4.78 is 5.91. The van der Waals surface area contributed by atoms with E-state index in [0.717, 1.165) is 37.4 Å². The lowest BCUT2D eigenvalue weighted by molar-refractivity contribution is 0.0473. The molecule has 2 unspecified atom stereocenters. The second kappa shape index (κ2) is 9.55. The molecule has 0 radical (unpaired) electrons. The second-order valence-electron chi connectivity index (χ2n) is 7.49. The first-order valence-electron chi connectivity index (χ1n) is 10.2. The van der Waals surface area contributed by atoms with E-state index in [9.17, 15) is 5.11 Å². The van der Waals surface area contributed by atoms with E-state index in [1.54, 1.807) is 0 Å². The number of hydrogen-bond donors (Lipinski definition) is 1. The summed E-state index contributed by atoms with van der Waals surface area (Å²) in [5, 5.41) is 10.2. The lowest BCUT2D eigenvalue weighted by Crippen LogP contribution is -2.38. The number of benzene rings is 3. The van der Waals surface area contributed by atoms with Crippen molar-refractivity contribution in [2.24, 2.45) is 0 Å². The Morgan fingerprint density at radius 2 is 1.52 bits per heavy atom. The van der Waals surface area contributed by atoms with E-state index in [-0.39, 0.29) is 12.1 Å². The zero-order chi connectivity index (χ0) is 19.9. The number of nitrogens with zero attached hydrogens (tertiary/aromatic N) is 1. The molecule has 1 fully saturated rings. The number of ether oxygens (including phenoxy) is 1. The van der Waals surface area contributed by atoms with Crippen LogP contribution in [0.2, 0.25) is 0 Å². The van der Waals surface area contributed by atoms with Gasteiger partial charge in [0, 0.05) is 19.1 Å². The maximum atomic E-state index is 10.2. The molecule has 1 aliphatic heterocycles. The van der Waals surface area contributed by atoms with Crippen molar-refractivity contribution in [2.45, 2.75) is 25.0 Å². The monoisotopic (exact) mass is 385 g/mol. The third-order valence-corrected chi connectivity index (χ3v) is 5.38. The van der Waals surface area contributed by atoms with Crippen molar-refractivity contribution in [2.75, 3.05) is 13.1 Å². The van der Waals surface area contributed by atoms with Crippen molar-refractivity contribution in [1.29, 1.82) is 0 Å². The van der Waals surface area contributed by atoms with Gasteiger partial charge >= 0.3 is 0 Å². The fourth-order valence-corrected chi connectivity index (χ4v) is 3.83. The molecule has 0 spiro atoms. The third-order valence-electron chi connectivity index (χ3n) is 5.38. The number of piperidine rings is 1. The largest absolute Gasteiger partial charge is 0.457 e. The van der Waals surface area contributed by atoms with Crippen LogP contribution in [0.1, 0.15) is 30.0 Å². The van der Waals surface area contributed by atoms with Crippen LogP contribution in [0.15, 0.2) is 91.0 Å². The highest BCUT2D eigenvalue weighted by Gasteiger charge is 2.27. The molecule has 3 aromatic carbocycles. The van der Waals surface area contributed by atoms with Crippen LogP contribution >= 0.6 is 0 Å². The first kappa shape index (κ1) is 19.4. The quantitative estimate of drug-likeness (QED) is 0.592. The fraction of sp³-hybridized carbons (Fsp3) is 0.231. The minimum Gasteiger partial charge on any atom is -0.457 e. The predicted octanol–water partition coefficient (Wildman–Crippen LogP) is 5.69. The summed E-state index contributed by atoms with van der Waals surface area (Å²) in [5.41, 5.74) is 2.43. The van der Waals surface area contributed by atoms with Crippen molar-refractivity contribution in [3.63, 3.8) is 0 Å². The molecule has 148 valence electrons. The molecule has 29 heavy (non-hydrogen) atoms. The van der Waals surface area contributed by atoms with Crippen molar-refractivity contribution in [3.05, 3.63) is 102 Å². The van der Waals surface area contributed by atoms with Crippen LogP contribution in [0.5, 0.6) is 11.5 Å². The van der Waals surface area contributed by atoms with Gasteiger partial charge in [-0.1, -0.05) is 72.8 Å². The average Bonchev–Trinajstić information content (AvgIpc) is 2.77. The van der Waals surface area contributed by atoms with E-state index in [1.807, 2.05) is 48.5 Å². The normalized spacial score (nSPS) is 20.0. The van der Waals surface area contributed by atoms with Gasteiger partial charge in [0.15, 0.2) is 0 Å². The van der Waals surface area contributed by atoms with E-state index in [1.165, 1.54) is 11.1 Å². The molecule has 0 saturated carbocycles. The molecule has 3 heteroatoms. The van der Waals surface area contributed by atoms with Gasteiger partial charge in [0.25, 0.3) is 0 Å². The van der Waals surface area contributed by atoms with Gasteiger partial charge in [0.05, 0.1) is 6.10 Å². The molecule has 0 aliphatic carbocycles. The summed E-state index contributed by atoms with van der Waals surface area (Å²) in [6.45, 7) is 1.77. The highest BCUT2D eigenvalue weighted by Crippen LogP contribution is 2.32. The Labute approximate surface area is 172 Å². The number of aliphatic hydroxyl groups is 1. The van der Waals surface area contributed by atoms with Crippen molar-refractivity contribution in [3.8, 4) is 11.5 Å². The minimum atomic E-state index is -0.241. The molecule has 0 aromatic heterocycles. The third kappa shape index (κ3) is 5.35. The molecular weight excluding hydrogens is 358 g/mol. The Morgan fingerprint density at radius 3 is 2.24 bits per heavy atom. The van der Waals surface area contributed by atoms with Gasteiger partial charge in [0.2, 0.25) is 0 Å². The Kier molecular flexibility index (Phi) is 6.40. The van der Waals surface area contributed by atoms with Crippen LogP contribution in [-0.2, 0) is 0 Å². The van der Waals surface area contributed by atoms with E-state index in [4.69, 9.17) is 4.74 Å². The average molecular weight is 386 g/mol. The van der Waals surface area contributed by atoms with E-state index >= 15 is 0 Å². The van der Waals surface area contributed by atoms with E-state index in [2.05, 4.69) is 53.5 Å². The summed E-state index contributed by atoms with van der Waals surface area (Å²) in [5.74, 6) is 1.66. The molecule has 2 atom stereocenters. The Balaban J connectivity index is 1.44. The van der Waals surface area contributed by atoms with E-state index in [0.29, 0.717) is 0 Å². The van der Waals surface area contributed by atoms with E-state index < -0.39 is 0 Å². The van der Waals surface area contributed by atoms with Crippen LogP contribution in [0.4, 0.5) is 0 Å². The molecular formula is C26H27NO2. The van der Waals surface area contributed by atoms with Gasteiger partial charge in [-0.2, -0.15) is 0 Å². The molecule has 0 amide bonds. The molecule has 3 aromatic rings. The van der Waals surface area contributed by atoms with Crippen molar-refractivity contribution in [1.82, 2.24) is 4.90 Å². The highest BCUT2D eigenvalue weighted by molar-refractivity contribution is 5.48. The lowest BCUT2D eigenvalue weighted by Gasteiger charge is -2.37. The molecule has 1 aliphatic rings. The number of hydrogen-bond acceptors (Lipinski definition) is 3. The number of likely N-dealkylation sites (tertiary alicyclic amines) is 1. The first-order chi connectivity index (χ1) is 14.3. The van der Waals surface area contributed by atoms with Crippen molar-refractivity contribution >= 4 is 6.08 Å². The lowest BCUT2D eigenvalue weighted by atomic mass is 9.93. The second-order valence-corrected chi connectivity index (χ2v) is 7.49. The summed E-state index contributed by atoms with van der Waals surface area (Å²) >= 11 is 0. The minimum absolute atomic E-state index is 0.213. The summed E-state index contributed by atoms with van der Waals surface area (Å²) in [6.07, 6.45) is 5.73. The summed E-state index contributed by atoms with van der Waals surface area (Å²) in [7, 11) is 0. The standard InChI is InChI=1S/C26H27NO2/c28-23-17-19-27(18-7-10-21-8-3-1-4-9-21)26(20-23)22-13-15-25(16-14-22)29-24-11-5-2-6-12-24/h1-16,23,26,28H,17-20H2/b10-7+. The molecule has 3 nitrogen and oxygen atoms in total. The van der Waals surface area contributed by atoms with Gasteiger partial charge in [0.1, 0.15) is 11.5 Å². The highest BCUT2D eigenvalue weighted by atomic mass is 16.5. The Bertz CT molecular complexity index is 906. The zero-order valence-electron chi connectivity index (χ0n) is 16.5. The van der Waals surface area contributed by atoms with Crippen LogP contribution < -0.4 is 4.74 Å². The van der Waals surface area contributed by atoms with Gasteiger partial charge in [-0.3, -0.25) is 4.90 Å². The Morgan fingerprint density at radius 1 is 0.862 bits per heavy atom. The summed E-state index contributed by atoms with van der Waals surface area (Å²) in [6, 6.07) is 28.7. The van der Waals surface area contributed by atoms with Gasteiger partial charge < -0.3 is 9.84 Å². The first-order valence-corrected chi connectivity index (χ1v) is 10.2. The van der Waals surface area contributed by atoms with Crippen LogP contribution in [0.25, 0.3) is 6.08 Å². The number of aliphatic hydroxyl groups excluding tert-OH is 1. The van der Waals surface area contributed by atoms with Crippen molar-refractivity contribution < 1.29 is 9.84 Å². The van der Waals surface area contributed by atoms with Gasteiger partial charge in [-0.25, -0.2) is 0 Å². The maximum Gasteiger partial charge on any atom is 0.127 e. The SMILES string of the molecule is OC1CCN(C/C=C/c2ccccc2)C(c2ccc(Oc3ccccc3)cc2)C1. The molecule has 4 rings (SSSR count). The molecule has 1 heterocycles. The topological polar surface area (TPSA) is 32.7 Å². The van der Waals surface area contributed by atoms with Gasteiger partial charge in [-0.05, 0) is 48.2 Å². The predicted molar refractivity (Wildman–Crippen MR) is 118 cm³/mol. The fourth-order valence-electron chi connectivity index (χ4n) is 3.83. The van der Waals surface area contributed by atoms with Crippen LogP contribution in [0.3, 0.4) is 0 Å². The van der Waals surface area contributed by atoms with Gasteiger partial charge in [-0.15, -0.1) is 0 Å². The summed E-state index contributed by atoms with van der Waals surface area (Å²) in [4.78, 5) is 2.44. The molecule has 0 bridgehead atoms. The molecule has 1 saturated heterocycles. The van der Waals surface area contributed by atoms with Crippen LogP contribution in [-0.4, -0.2) is 29.2 Å². The maximum absolute atomic E-state index is 10.2. The number of rotatable bonds is 6. The Hall–Kier alpha value is -2.88. The smallest absolute Gasteiger partial charge is 0.127 e. The van der Waals surface area contributed by atoms with Crippen LogP contribution in [0, 0.1) is 0 Å².